The van der Waals surface area contributed by atoms with Gasteiger partial charge in [0.05, 0.1) is 0 Å². The van der Waals surface area contributed by atoms with Gasteiger partial charge in [-0.15, -0.1) is 0 Å². The number of hydrogen-bond donors (Lipinski definition) is 1. The highest BCUT2D eigenvalue weighted by Crippen LogP contribution is 2.27. The molecule has 1 atom stereocenters. The topological polar surface area (TPSA) is 12.0 Å². The molecule has 0 aliphatic carbocycles. The second kappa shape index (κ2) is 7.07. The Balaban J connectivity index is 2.25. The highest BCUT2D eigenvalue weighted by atomic mass is 35.5. The second-order valence-electron chi connectivity index (χ2n) is 4.75. The lowest BCUT2D eigenvalue weighted by Crippen LogP contribution is -2.19. The zero-order valence-electron chi connectivity index (χ0n) is 11.2. The molecule has 0 amide bonds. The minimum Gasteiger partial charge on any atom is -0.319 e. The van der Waals surface area contributed by atoms with Gasteiger partial charge in [0.2, 0.25) is 0 Å². The maximum atomic E-state index is 13.4. The van der Waals surface area contributed by atoms with Crippen molar-refractivity contribution in [1.29, 1.82) is 0 Å². The first-order chi connectivity index (χ1) is 9.60. The Morgan fingerprint density at radius 2 is 1.95 bits per heavy atom. The van der Waals surface area contributed by atoms with Crippen LogP contribution in [0.25, 0.3) is 0 Å². The number of benzene rings is 2. The molecule has 0 fully saturated rings. The van der Waals surface area contributed by atoms with E-state index in [1.807, 2.05) is 25.2 Å². The molecule has 1 N–H and O–H groups in total. The van der Waals surface area contributed by atoms with E-state index in [9.17, 15) is 4.39 Å². The van der Waals surface area contributed by atoms with Gasteiger partial charge in [0.25, 0.3) is 0 Å². The molecule has 106 valence electrons. The lowest BCUT2D eigenvalue weighted by Gasteiger charge is -2.18. The Kier molecular flexibility index (Phi) is 5.41. The average Bonchev–Trinajstić information content (AvgIpc) is 2.41. The van der Waals surface area contributed by atoms with Crippen LogP contribution in [0.15, 0.2) is 42.5 Å². The monoisotopic (exact) mass is 311 g/mol. The Bertz CT molecular complexity index is 586. The number of rotatable bonds is 5. The first-order valence-electron chi connectivity index (χ1n) is 6.44. The van der Waals surface area contributed by atoms with Crippen molar-refractivity contribution < 1.29 is 4.39 Å². The van der Waals surface area contributed by atoms with Gasteiger partial charge in [0.1, 0.15) is 5.82 Å². The lowest BCUT2D eigenvalue weighted by atomic mass is 9.92. The van der Waals surface area contributed by atoms with Gasteiger partial charge in [0, 0.05) is 22.5 Å². The third-order valence-electron chi connectivity index (χ3n) is 3.25. The summed E-state index contributed by atoms with van der Waals surface area (Å²) >= 11 is 12.1. The van der Waals surface area contributed by atoms with Gasteiger partial charge < -0.3 is 5.32 Å². The van der Waals surface area contributed by atoms with E-state index < -0.39 is 0 Å². The zero-order valence-corrected chi connectivity index (χ0v) is 12.7. The zero-order chi connectivity index (χ0) is 14.5. The number of halogens is 3. The summed E-state index contributed by atoms with van der Waals surface area (Å²) in [6.45, 7) is 0.752. The average molecular weight is 312 g/mol. The van der Waals surface area contributed by atoms with Gasteiger partial charge in [0.15, 0.2) is 0 Å². The maximum Gasteiger partial charge on any atom is 0.123 e. The van der Waals surface area contributed by atoms with E-state index in [0.29, 0.717) is 10.0 Å². The third-order valence-corrected chi connectivity index (χ3v) is 3.84. The number of hydrogen-bond acceptors (Lipinski definition) is 1. The molecule has 0 aliphatic heterocycles. The van der Waals surface area contributed by atoms with Crippen molar-refractivity contribution >= 4 is 23.2 Å². The standard InChI is InChI=1S/C16H16Cl2FN/c1-20-10-13(11-3-2-4-15(19)8-11)7-12-5-6-14(17)9-16(12)18/h2-6,8-9,13,20H,7,10H2,1H3. The van der Waals surface area contributed by atoms with E-state index >= 15 is 0 Å². The van der Waals surface area contributed by atoms with Crippen molar-refractivity contribution in [3.8, 4) is 0 Å². The summed E-state index contributed by atoms with van der Waals surface area (Å²) in [7, 11) is 1.88. The van der Waals surface area contributed by atoms with E-state index in [2.05, 4.69) is 5.32 Å². The molecule has 20 heavy (non-hydrogen) atoms. The molecule has 2 rings (SSSR count). The van der Waals surface area contributed by atoms with Gasteiger partial charge in [-0.05, 0) is 48.9 Å². The van der Waals surface area contributed by atoms with Gasteiger partial charge in [-0.25, -0.2) is 4.39 Å². The predicted octanol–water partition coefficient (Wildman–Crippen LogP) is 4.68. The first kappa shape index (κ1) is 15.3. The Morgan fingerprint density at radius 1 is 1.15 bits per heavy atom. The van der Waals surface area contributed by atoms with Gasteiger partial charge in [-0.2, -0.15) is 0 Å². The van der Waals surface area contributed by atoms with Gasteiger partial charge in [-0.3, -0.25) is 0 Å². The molecule has 4 heteroatoms. The van der Waals surface area contributed by atoms with Crippen LogP contribution in [0.2, 0.25) is 10.0 Å². The molecular weight excluding hydrogens is 296 g/mol. The van der Waals surface area contributed by atoms with Crippen molar-refractivity contribution in [3.63, 3.8) is 0 Å². The van der Waals surface area contributed by atoms with Crippen molar-refractivity contribution in [2.75, 3.05) is 13.6 Å². The molecule has 2 aromatic rings. The van der Waals surface area contributed by atoms with Crippen molar-refractivity contribution in [2.24, 2.45) is 0 Å². The maximum absolute atomic E-state index is 13.4. The quantitative estimate of drug-likeness (QED) is 0.845. The smallest absolute Gasteiger partial charge is 0.123 e. The second-order valence-corrected chi connectivity index (χ2v) is 5.59. The lowest BCUT2D eigenvalue weighted by molar-refractivity contribution is 0.601. The van der Waals surface area contributed by atoms with Crippen LogP contribution in [0.4, 0.5) is 4.39 Å². The highest BCUT2D eigenvalue weighted by molar-refractivity contribution is 6.35. The number of nitrogens with one attached hydrogen (secondary N) is 1. The Hall–Kier alpha value is -1.09. The number of likely N-dealkylation sites (N-methyl/N-ethyl adjacent to an activating group) is 1. The Labute approximate surface area is 128 Å². The molecule has 0 bridgehead atoms. The first-order valence-corrected chi connectivity index (χ1v) is 7.19. The van der Waals surface area contributed by atoms with Crippen molar-refractivity contribution in [1.82, 2.24) is 5.32 Å². The van der Waals surface area contributed by atoms with Gasteiger partial charge >= 0.3 is 0 Å². The molecule has 1 unspecified atom stereocenters. The van der Waals surface area contributed by atoms with Gasteiger partial charge in [-0.1, -0.05) is 41.4 Å². The van der Waals surface area contributed by atoms with Crippen LogP contribution < -0.4 is 5.32 Å². The van der Waals surface area contributed by atoms with E-state index in [1.54, 1.807) is 18.2 Å². The summed E-state index contributed by atoms with van der Waals surface area (Å²) in [6, 6.07) is 12.2. The van der Waals surface area contributed by atoms with Crippen LogP contribution in [-0.4, -0.2) is 13.6 Å². The fourth-order valence-electron chi connectivity index (χ4n) is 2.27. The molecule has 0 aliphatic rings. The SMILES string of the molecule is CNCC(Cc1ccc(Cl)cc1Cl)c1cccc(F)c1. The van der Waals surface area contributed by atoms with Crippen LogP contribution in [0.5, 0.6) is 0 Å². The highest BCUT2D eigenvalue weighted by Gasteiger charge is 2.14. The molecule has 0 heterocycles. The fraction of sp³-hybridized carbons (Fsp3) is 0.250. The van der Waals surface area contributed by atoms with E-state index in [1.165, 1.54) is 6.07 Å². The van der Waals surface area contributed by atoms with Crippen LogP contribution in [0, 0.1) is 5.82 Å². The largest absolute Gasteiger partial charge is 0.319 e. The van der Waals surface area contributed by atoms with E-state index in [4.69, 9.17) is 23.2 Å². The van der Waals surface area contributed by atoms with Crippen LogP contribution in [0.1, 0.15) is 17.0 Å². The molecule has 1 nitrogen and oxygen atoms in total. The fourth-order valence-corrected chi connectivity index (χ4v) is 2.75. The Morgan fingerprint density at radius 3 is 2.60 bits per heavy atom. The minimum atomic E-state index is -0.217. The molecule has 0 spiro atoms. The van der Waals surface area contributed by atoms with Crippen molar-refractivity contribution in [3.05, 3.63) is 69.5 Å². The summed E-state index contributed by atoms with van der Waals surface area (Å²) in [5.74, 6) is -0.0554. The molecular formula is C16H16Cl2FN. The summed E-state index contributed by atoms with van der Waals surface area (Å²) in [5, 5.41) is 4.41. The van der Waals surface area contributed by atoms with Crippen LogP contribution >= 0.6 is 23.2 Å². The summed E-state index contributed by atoms with van der Waals surface area (Å²) in [6.07, 6.45) is 0.736. The third kappa shape index (κ3) is 3.95. The molecule has 0 aromatic heterocycles. The normalized spacial score (nSPS) is 12.4. The molecule has 0 saturated carbocycles. The molecule has 0 radical (unpaired) electrons. The minimum absolute atomic E-state index is 0.161. The van der Waals surface area contributed by atoms with E-state index in [-0.39, 0.29) is 11.7 Å². The summed E-state index contributed by atoms with van der Waals surface area (Å²) in [5.41, 5.74) is 1.98. The van der Waals surface area contributed by atoms with Crippen LogP contribution in [0.3, 0.4) is 0 Å². The van der Waals surface area contributed by atoms with E-state index in [0.717, 1.165) is 24.1 Å². The summed E-state index contributed by atoms with van der Waals surface area (Å²) < 4.78 is 13.4. The van der Waals surface area contributed by atoms with Crippen molar-refractivity contribution in [2.45, 2.75) is 12.3 Å². The van der Waals surface area contributed by atoms with Crippen LogP contribution in [-0.2, 0) is 6.42 Å². The predicted molar refractivity (Wildman–Crippen MR) is 83.2 cm³/mol. The molecule has 2 aromatic carbocycles. The summed E-state index contributed by atoms with van der Waals surface area (Å²) in [4.78, 5) is 0. The molecule has 0 saturated heterocycles.